The Bertz CT molecular complexity index is 472. The first kappa shape index (κ1) is 15.3. The van der Waals surface area contributed by atoms with Gasteiger partial charge in [-0.3, -0.25) is 0 Å². The van der Waals surface area contributed by atoms with Gasteiger partial charge >= 0.3 is 0 Å². The molecule has 0 aromatic rings. The van der Waals surface area contributed by atoms with Crippen LogP contribution in [-0.2, 0) is 0 Å². The molecule has 4 unspecified atom stereocenters. The monoisotopic (exact) mass is 287 g/mol. The number of fused-ring (bicyclic) bond motifs is 3. The molecular weight excluding hydrogens is 254 g/mol. The van der Waals surface area contributed by atoms with Crippen LogP contribution >= 0.6 is 0 Å². The summed E-state index contributed by atoms with van der Waals surface area (Å²) < 4.78 is 0. The second-order valence-corrected chi connectivity index (χ2v) is 8.68. The highest BCUT2D eigenvalue weighted by atomic mass is 14.7. The van der Waals surface area contributed by atoms with Crippen LogP contribution in [0.3, 0.4) is 0 Å². The lowest BCUT2D eigenvalue weighted by Crippen LogP contribution is -2.52. The predicted molar refractivity (Wildman–Crippen MR) is 91.0 cm³/mol. The second-order valence-electron chi connectivity index (χ2n) is 8.68. The molecule has 4 atom stereocenters. The van der Waals surface area contributed by atoms with Gasteiger partial charge in [0.15, 0.2) is 0 Å². The smallest absolute Gasteiger partial charge is 0.00202 e. The Balaban J connectivity index is 1.97. The third-order valence-electron chi connectivity index (χ3n) is 7.17. The van der Waals surface area contributed by atoms with Gasteiger partial charge in [0.05, 0.1) is 0 Å². The zero-order valence-corrected chi connectivity index (χ0v) is 14.4. The van der Waals surface area contributed by atoms with Crippen molar-refractivity contribution in [3.8, 4) is 0 Å². The van der Waals surface area contributed by atoms with E-state index in [4.69, 9.17) is 5.73 Å². The van der Waals surface area contributed by atoms with E-state index in [9.17, 15) is 0 Å². The van der Waals surface area contributed by atoms with E-state index in [-0.39, 0.29) is 0 Å². The first-order valence-electron chi connectivity index (χ1n) is 9.01. The minimum absolute atomic E-state index is 0.358. The van der Waals surface area contributed by atoms with Crippen molar-refractivity contribution in [2.24, 2.45) is 34.3 Å². The topological polar surface area (TPSA) is 26.0 Å². The van der Waals surface area contributed by atoms with Crippen LogP contribution in [-0.4, -0.2) is 6.54 Å². The molecule has 3 aliphatic carbocycles. The van der Waals surface area contributed by atoms with Crippen molar-refractivity contribution in [2.75, 3.05) is 6.54 Å². The molecule has 0 bridgehead atoms. The van der Waals surface area contributed by atoms with E-state index in [0.29, 0.717) is 16.7 Å². The fraction of sp³-hybridized carbons (Fsp3) is 0.800. The number of hydrogen-bond acceptors (Lipinski definition) is 1. The van der Waals surface area contributed by atoms with E-state index in [0.717, 1.165) is 18.4 Å². The van der Waals surface area contributed by atoms with Gasteiger partial charge in [0.2, 0.25) is 0 Å². The minimum Gasteiger partial charge on any atom is -0.330 e. The Morgan fingerprint density at radius 1 is 1.29 bits per heavy atom. The molecule has 0 amide bonds. The molecule has 0 heterocycles. The second kappa shape index (κ2) is 5.26. The maximum Gasteiger partial charge on any atom is -0.00202 e. The molecule has 0 aliphatic heterocycles. The third-order valence-corrected chi connectivity index (χ3v) is 7.17. The van der Waals surface area contributed by atoms with Crippen molar-refractivity contribution in [3.63, 3.8) is 0 Å². The van der Waals surface area contributed by atoms with Gasteiger partial charge in [0.25, 0.3) is 0 Å². The molecule has 1 heteroatoms. The Kier molecular flexibility index (Phi) is 3.84. The van der Waals surface area contributed by atoms with Gasteiger partial charge in [-0.2, -0.15) is 0 Å². The first-order valence-corrected chi connectivity index (χ1v) is 9.01. The number of nitrogens with two attached hydrogens (primary N) is 1. The number of hydrogen-bond donors (Lipinski definition) is 1. The standard InChI is InChI=1S/C20H33N/c1-14(2)15-6-8-17-16(12-15)7-9-18-19(3,13-21)10-5-11-20(17,18)4/h7,12,14,17-18H,5-6,8-11,13,21H2,1-4H3. The summed E-state index contributed by atoms with van der Waals surface area (Å²) in [6, 6.07) is 0. The lowest BCUT2D eigenvalue weighted by molar-refractivity contribution is -0.0438. The SMILES string of the molecule is CC(C)C1=CC2=CCC3C(C)(CN)CCCC3(C)C2CC1. The molecule has 1 fully saturated rings. The fourth-order valence-electron chi connectivity index (χ4n) is 5.72. The van der Waals surface area contributed by atoms with Crippen LogP contribution in [0.5, 0.6) is 0 Å². The van der Waals surface area contributed by atoms with E-state index >= 15 is 0 Å². The lowest BCUT2D eigenvalue weighted by Gasteiger charge is -2.58. The molecule has 0 spiro atoms. The number of rotatable bonds is 2. The van der Waals surface area contributed by atoms with Crippen LogP contribution < -0.4 is 5.73 Å². The maximum atomic E-state index is 6.20. The Morgan fingerprint density at radius 2 is 2.05 bits per heavy atom. The third kappa shape index (κ3) is 2.32. The van der Waals surface area contributed by atoms with E-state index < -0.39 is 0 Å². The summed E-state index contributed by atoms with van der Waals surface area (Å²) in [5.74, 6) is 2.27. The summed E-state index contributed by atoms with van der Waals surface area (Å²) >= 11 is 0. The van der Waals surface area contributed by atoms with E-state index in [2.05, 4.69) is 39.8 Å². The summed E-state index contributed by atoms with van der Waals surface area (Å²) in [4.78, 5) is 0. The van der Waals surface area contributed by atoms with Gasteiger partial charge in [0.1, 0.15) is 0 Å². The van der Waals surface area contributed by atoms with Gasteiger partial charge in [-0.05, 0) is 72.8 Å². The zero-order chi connectivity index (χ0) is 15.3. The molecular formula is C20H33N. The largest absolute Gasteiger partial charge is 0.330 e. The van der Waals surface area contributed by atoms with Crippen molar-refractivity contribution in [1.82, 2.24) is 0 Å². The predicted octanol–water partition coefficient (Wildman–Crippen LogP) is 5.08. The van der Waals surface area contributed by atoms with Crippen LogP contribution in [0.2, 0.25) is 0 Å². The number of allylic oxidation sites excluding steroid dienone is 4. The summed E-state index contributed by atoms with van der Waals surface area (Å²) in [6.45, 7) is 10.6. The fourth-order valence-corrected chi connectivity index (χ4v) is 5.72. The molecule has 3 aliphatic rings. The van der Waals surface area contributed by atoms with E-state index in [1.165, 1.54) is 38.5 Å². The highest BCUT2D eigenvalue weighted by molar-refractivity contribution is 5.35. The summed E-state index contributed by atoms with van der Waals surface area (Å²) in [5, 5.41) is 0. The average molecular weight is 287 g/mol. The molecule has 2 N–H and O–H groups in total. The van der Waals surface area contributed by atoms with E-state index in [1.54, 1.807) is 11.1 Å². The minimum atomic E-state index is 0.358. The molecule has 0 saturated heterocycles. The van der Waals surface area contributed by atoms with Crippen LogP contribution in [0.25, 0.3) is 0 Å². The maximum absolute atomic E-state index is 6.20. The van der Waals surface area contributed by atoms with Crippen LogP contribution in [0.4, 0.5) is 0 Å². The molecule has 118 valence electrons. The Labute approximate surface area is 131 Å². The summed E-state index contributed by atoms with van der Waals surface area (Å²) in [6.07, 6.45) is 13.1. The van der Waals surface area contributed by atoms with Crippen LogP contribution in [0.1, 0.15) is 66.2 Å². The Hall–Kier alpha value is -0.560. The zero-order valence-electron chi connectivity index (χ0n) is 14.4. The first-order chi connectivity index (χ1) is 9.90. The van der Waals surface area contributed by atoms with Gasteiger partial charge < -0.3 is 5.73 Å². The van der Waals surface area contributed by atoms with Crippen molar-refractivity contribution in [2.45, 2.75) is 66.2 Å². The van der Waals surface area contributed by atoms with Crippen molar-refractivity contribution < 1.29 is 0 Å². The summed E-state index contributed by atoms with van der Waals surface area (Å²) in [5.41, 5.74) is 10.4. The average Bonchev–Trinajstić information content (AvgIpc) is 2.46. The van der Waals surface area contributed by atoms with Crippen molar-refractivity contribution in [3.05, 3.63) is 23.3 Å². The molecule has 1 saturated carbocycles. The molecule has 0 aromatic carbocycles. The van der Waals surface area contributed by atoms with Gasteiger partial charge in [-0.15, -0.1) is 0 Å². The molecule has 0 aromatic heterocycles. The van der Waals surface area contributed by atoms with Gasteiger partial charge in [-0.1, -0.05) is 51.8 Å². The highest BCUT2D eigenvalue weighted by Crippen LogP contribution is 2.61. The Morgan fingerprint density at radius 3 is 2.71 bits per heavy atom. The van der Waals surface area contributed by atoms with Crippen molar-refractivity contribution in [1.29, 1.82) is 0 Å². The van der Waals surface area contributed by atoms with Crippen LogP contribution in [0.15, 0.2) is 23.3 Å². The van der Waals surface area contributed by atoms with Crippen LogP contribution in [0, 0.1) is 28.6 Å². The van der Waals surface area contributed by atoms with Gasteiger partial charge in [0, 0.05) is 0 Å². The van der Waals surface area contributed by atoms with Gasteiger partial charge in [-0.25, -0.2) is 0 Å². The quantitative estimate of drug-likeness (QED) is 0.753. The molecule has 3 rings (SSSR count). The normalized spacial score (nSPS) is 43.0. The molecule has 0 radical (unpaired) electrons. The van der Waals surface area contributed by atoms with E-state index in [1.807, 2.05) is 0 Å². The lowest BCUT2D eigenvalue weighted by atomic mass is 9.47. The van der Waals surface area contributed by atoms with Crippen molar-refractivity contribution >= 4 is 0 Å². The molecule has 21 heavy (non-hydrogen) atoms. The highest BCUT2D eigenvalue weighted by Gasteiger charge is 2.53. The molecule has 1 nitrogen and oxygen atoms in total. The summed E-state index contributed by atoms with van der Waals surface area (Å²) in [7, 11) is 0.